The van der Waals surface area contributed by atoms with E-state index >= 15 is 0 Å². The van der Waals surface area contributed by atoms with Crippen molar-refractivity contribution < 1.29 is 13.5 Å². The van der Waals surface area contributed by atoms with Crippen LogP contribution >= 0.6 is 0 Å². The Hall–Kier alpha value is -0.130. The lowest BCUT2D eigenvalue weighted by Crippen LogP contribution is -2.49. The molecule has 1 aliphatic carbocycles. The Bertz CT molecular complexity index is 302. The second-order valence-corrected chi connectivity index (χ2v) is 7.10. The van der Waals surface area contributed by atoms with Crippen LogP contribution in [0, 0.1) is 0 Å². The molecule has 2 N–H and O–H groups in total. The van der Waals surface area contributed by atoms with Crippen LogP contribution in [0.2, 0.25) is 0 Å². The molecule has 5 heteroatoms. The minimum absolute atomic E-state index is 0.0605. The first-order valence-corrected chi connectivity index (χ1v) is 7.96. The number of hydrogen-bond donors (Lipinski definition) is 2. The third-order valence-electron chi connectivity index (χ3n) is 3.31. The summed E-state index contributed by atoms with van der Waals surface area (Å²) in [7, 11) is -2.96. The zero-order chi connectivity index (χ0) is 12.2. The largest absolute Gasteiger partial charge is 0.396 e. The summed E-state index contributed by atoms with van der Waals surface area (Å²) in [6, 6.07) is 0.239. The average Bonchev–Trinajstić information content (AvgIpc) is 2.17. The van der Waals surface area contributed by atoms with Crippen molar-refractivity contribution in [3.8, 4) is 0 Å². The highest BCUT2D eigenvalue weighted by Crippen LogP contribution is 2.24. The molecule has 0 radical (unpaired) electrons. The molecule has 4 nitrogen and oxygen atoms in total. The maximum Gasteiger partial charge on any atom is 0.151 e. The van der Waals surface area contributed by atoms with E-state index in [4.69, 9.17) is 5.11 Å². The van der Waals surface area contributed by atoms with Gasteiger partial charge < -0.3 is 10.4 Å². The molecule has 1 aliphatic rings. The van der Waals surface area contributed by atoms with Gasteiger partial charge in [-0.2, -0.15) is 0 Å². The van der Waals surface area contributed by atoms with Gasteiger partial charge in [0.15, 0.2) is 9.84 Å². The van der Waals surface area contributed by atoms with Crippen LogP contribution in [-0.2, 0) is 9.84 Å². The molecular weight excluding hydrogens is 226 g/mol. The number of rotatable bonds is 5. The predicted octanol–water partition coefficient (Wildman–Crippen LogP) is 0.703. The number of sulfone groups is 1. The molecule has 0 spiro atoms. The molecule has 0 amide bonds. The van der Waals surface area contributed by atoms with Crippen LogP contribution in [0.4, 0.5) is 0 Å². The predicted molar refractivity (Wildman–Crippen MR) is 65.2 cm³/mol. The van der Waals surface area contributed by atoms with Gasteiger partial charge in [-0.3, -0.25) is 0 Å². The minimum Gasteiger partial charge on any atom is -0.396 e. The van der Waals surface area contributed by atoms with Crippen molar-refractivity contribution >= 4 is 9.84 Å². The minimum atomic E-state index is -2.96. The fourth-order valence-electron chi connectivity index (χ4n) is 2.44. The van der Waals surface area contributed by atoms with Gasteiger partial charge in [-0.1, -0.05) is 12.8 Å². The summed E-state index contributed by atoms with van der Waals surface area (Å²) in [5.74, 6) is 0. The molecular formula is C11H23NO3S. The normalized spacial score (nSPS) is 28.9. The molecule has 1 fully saturated rings. The van der Waals surface area contributed by atoms with Crippen LogP contribution in [0.5, 0.6) is 0 Å². The van der Waals surface area contributed by atoms with Gasteiger partial charge in [0.05, 0.1) is 5.25 Å². The van der Waals surface area contributed by atoms with Gasteiger partial charge in [-0.25, -0.2) is 8.42 Å². The van der Waals surface area contributed by atoms with Gasteiger partial charge in [0.2, 0.25) is 0 Å². The van der Waals surface area contributed by atoms with E-state index in [0.717, 1.165) is 25.7 Å². The van der Waals surface area contributed by atoms with Crippen molar-refractivity contribution in [3.63, 3.8) is 0 Å². The number of aliphatic hydroxyl groups is 1. The third kappa shape index (κ3) is 4.03. The number of hydrogen-bond acceptors (Lipinski definition) is 4. The van der Waals surface area contributed by atoms with E-state index in [2.05, 4.69) is 5.32 Å². The summed E-state index contributed by atoms with van der Waals surface area (Å²) in [6.07, 6.45) is 5.79. The molecule has 1 rings (SSSR count). The maximum atomic E-state index is 11.6. The molecule has 0 aromatic heterocycles. The molecule has 0 aromatic rings. The van der Waals surface area contributed by atoms with Crippen LogP contribution in [0.15, 0.2) is 0 Å². The molecule has 0 heterocycles. The molecule has 0 aromatic carbocycles. The highest BCUT2D eigenvalue weighted by molar-refractivity contribution is 7.91. The van der Waals surface area contributed by atoms with E-state index in [9.17, 15) is 8.42 Å². The SMILES string of the molecule is C[C@H](CCO)NC1CCCCC1S(C)(=O)=O. The van der Waals surface area contributed by atoms with E-state index in [1.807, 2.05) is 6.92 Å². The van der Waals surface area contributed by atoms with Crippen LogP contribution in [-0.4, -0.2) is 43.7 Å². The lowest BCUT2D eigenvalue weighted by Gasteiger charge is -2.33. The van der Waals surface area contributed by atoms with E-state index in [0.29, 0.717) is 6.42 Å². The van der Waals surface area contributed by atoms with E-state index in [1.54, 1.807) is 0 Å². The van der Waals surface area contributed by atoms with Gasteiger partial charge in [-0.15, -0.1) is 0 Å². The van der Waals surface area contributed by atoms with E-state index in [-0.39, 0.29) is 23.9 Å². The van der Waals surface area contributed by atoms with Crippen molar-refractivity contribution in [2.75, 3.05) is 12.9 Å². The lowest BCUT2D eigenvalue weighted by molar-refractivity contribution is 0.254. The monoisotopic (exact) mass is 249 g/mol. The summed E-state index contributed by atoms with van der Waals surface area (Å²) in [6.45, 7) is 2.13. The second-order valence-electron chi connectivity index (χ2n) is 4.84. The standard InChI is InChI=1S/C11H23NO3S/c1-9(7-8-13)12-10-5-3-4-6-11(10)16(2,14)15/h9-13H,3-8H2,1-2H3/t9-,10?,11?/m1/s1. The Morgan fingerprint density at radius 3 is 2.56 bits per heavy atom. The molecule has 16 heavy (non-hydrogen) atoms. The fraction of sp³-hybridized carbons (Fsp3) is 1.00. The van der Waals surface area contributed by atoms with Crippen molar-refractivity contribution in [1.29, 1.82) is 0 Å². The van der Waals surface area contributed by atoms with Gasteiger partial charge in [0.1, 0.15) is 0 Å². The molecule has 3 atom stereocenters. The van der Waals surface area contributed by atoms with Crippen molar-refractivity contribution in [2.45, 2.75) is 56.4 Å². The lowest BCUT2D eigenvalue weighted by atomic mass is 9.94. The first-order chi connectivity index (χ1) is 7.45. The molecule has 0 bridgehead atoms. The summed E-state index contributed by atoms with van der Waals surface area (Å²) < 4.78 is 23.3. The van der Waals surface area contributed by atoms with Crippen LogP contribution in [0.3, 0.4) is 0 Å². The fourth-order valence-corrected chi connectivity index (χ4v) is 3.85. The number of aliphatic hydroxyl groups excluding tert-OH is 1. The van der Waals surface area contributed by atoms with Gasteiger partial charge in [-0.05, 0) is 26.2 Å². The molecule has 0 saturated heterocycles. The summed E-state index contributed by atoms with van der Waals surface area (Å²) in [5, 5.41) is 11.9. The van der Waals surface area contributed by atoms with Gasteiger partial charge >= 0.3 is 0 Å². The van der Waals surface area contributed by atoms with Crippen molar-refractivity contribution in [2.24, 2.45) is 0 Å². The Morgan fingerprint density at radius 1 is 1.38 bits per heavy atom. The van der Waals surface area contributed by atoms with Gasteiger partial charge in [0.25, 0.3) is 0 Å². The van der Waals surface area contributed by atoms with E-state index in [1.165, 1.54) is 6.26 Å². The third-order valence-corrected chi connectivity index (χ3v) is 4.98. The summed E-state index contributed by atoms with van der Waals surface area (Å²) in [5.41, 5.74) is 0. The second kappa shape index (κ2) is 5.98. The maximum absolute atomic E-state index is 11.6. The highest BCUT2D eigenvalue weighted by Gasteiger charge is 2.32. The van der Waals surface area contributed by atoms with Crippen LogP contribution < -0.4 is 5.32 Å². The molecule has 2 unspecified atom stereocenters. The topological polar surface area (TPSA) is 66.4 Å². The molecule has 96 valence electrons. The highest BCUT2D eigenvalue weighted by atomic mass is 32.2. The average molecular weight is 249 g/mol. The quantitative estimate of drug-likeness (QED) is 0.753. The van der Waals surface area contributed by atoms with E-state index < -0.39 is 9.84 Å². The van der Waals surface area contributed by atoms with Gasteiger partial charge in [0, 0.05) is 24.9 Å². The first kappa shape index (κ1) is 13.9. The number of nitrogens with one attached hydrogen (secondary N) is 1. The summed E-state index contributed by atoms with van der Waals surface area (Å²) >= 11 is 0. The van der Waals surface area contributed by atoms with Crippen molar-refractivity contribution in [3.05, 3.63) is 0 Å². The van der Waals surface area contributed by atoms with Crippen LogP contribution in [0.25, 0.3) is 0 Å². The Labute approximate surface area is 98.4 Å². The Balaban J connectivity index is 2.61. The smallest absolute Gasteiger partial charge is 0.151 e. The zero-order valence-electron chi connectivity index (χ0n) is 10.1. The zero-order valence-corrected chi connectivity index (χ0v) is 11.0. The Kier molecular flexibility index (Phi) is 5.21. The molecule has 1 saturated carbocycles. The Morgan fingerprint density at radius 2 is 2.00 bits per heavy atom. The summed E-state index contributed by atoms with van der Waals surface area (Å²) in [4.78, 5) is 0. The van der Waals surface area contributed by atoms with Crippen molar-refractivity contribution in [1.82, 2.24) is 5.32 Å². The first-order valence-electron chi connectivity index (χ1n) is 6.01. The van der Waals surface area contributed by atoms with Crippen LogP contribution in [0.1, 0.15) is 39.0 Å². The molecule has 0 aliphatic heterocycles.